The maximum Gasteiger partial charge on any atom is 0.172 e. The van der Waals surface area contributed by atoms with Gasteiger partial charge in [-0.3, -0.25) is 4.99 Å². The van der Waals surface area contributed by atoms with E-state index in [0.29, 0.717) is 0 Å². The van der Waals surface area contributed by atoms with Gasteiger partial charge in [-0.05, 0) is 12.8 Å². The normalized spacial score (nSPS) is 28.8. The SMILES string of the molecule is CCC1=NC2=C1CC1(CC2)OCCO1. The molecule has 0 aromatic rings. The summed E-state index contributed by atoms with van der Waals surface area (Å²) >= 11 is 0. The van der Waals surface area contributed by atoms with E-state index in [1.54, 1.807) is 0 Å². The van der Waals surface area contributed by atoms with Gasteiger partial charge in [-0.2, -0.15) is 0 Å². The van der Waals surface area contributed by atoms with Gasteiger partial charge < -0.3 is 9.47 Å². The molecule has 14 heavy (non-hydrogen) atoms. The minimum Gasteiger partial charge on any atom is -0.347 e. The molecule has 1 saturated heterocycles. The van der Waals surface area contributed by atoms with E-state index in [-0.39, 0.29) is 5.79 Å². The fourth-order valence-corrected chi connectivity index (χ4v) is 2.52. The van der Waals surface area contributed by atoms with Gasteiger partial charge in [0, 0.05) is 29.8 Å². The Labute approximate surface area is 83.8 Å². The van der Waals surface area contributed by atoms with Crippen molar-refractivity contribution in [2.24, 2.45) is 4.99 Å². The standard InChI is InChI=1S/C11H15NO2/c1-2-9-8-7-11(13-5-6-14-11)4-3-10(8)12-9/h2-7H2,1H3. The van der Waals surface area contributed by atoms with Crippen molar-refractivity contribution in [2.75, 3.05) is 13.2 Å². The van der Waals surface area contributed by atoms with Crippen LogP contribution in [0.5, 0.6) is 0 Å². The van der Waals surface area contributed by atoms with Crippen LogP contribution in [0.3, 0.4) is 0 Å². The lowest BCUT2D eigenvalue weighted by Crippen LogP contribution is -2.37. The molecule has 3 nitrogen and oxygen atoms in total. The second kappa shape index (κ2) is 2.91. The first-order chi connectivity index (χ1) is 6.83. The van der Waals surface area contributed by atoms with Crippen molar-refractivity contribution >= 4 is 5.71 Å². The topological polar surface area (TPSA) is 30.8 Å². The van der Waals surface area contributed by atoms with Crippen LogP contribution in [0.1, 0.15) is 32.6 Å². The number of hydrogen-bond donors (Lipinski definition) is 0. The summed E-state index contributed by atoms with van der Waals surface area (Å²) in [6, 6.07) is 0. The Kier molecular flexibility index (Phi) is 1.79. The van der Waals surface area contributed by atoms with Crippen LogP contribution in [-0.2, 0) is 9.47 Å². The Hall–Kier alpha value is -0.670. The highest BCUT2D eigenvalue weighted by molar-refractivity contribution is 6.06. The molecular formula is C11H15NO2. The van der Waals surface area contributed by atoms with Crippen molar-refractivity contribution in [3.8, 4) is 0 Å². The molecule has 1 fully saturated rings. The van der Waals surface area contributed by atoms with E-state index < -0.39 is 0 Å². The van der Waals surface area contributed by atoms with E-state index in [2.05, 4.69) is 11.9 Å². The number of aliphatic imine (C=N–C) groups is 1. The van der Waals surface area contributed by atoms with Gasteiger partial charge in [-0.15, -0.1) is 0 Å². The van der Waals surface area contributed by atoms with Crippen molar-refractivity contribution < 1.29 is 9.47 Å². The zero-order valence-electron chi connectivity index (χ0n) is 8.51. The molecule has 2 heterocycles. The average molecular weight is 193 g/mol. The predicted molar refractivity (Wildman–Crippen MR) is 53.2 cm³/mol. The zero-order chi connectivity index (χ0) is 9.60. The lowest BCUT2D eigenvalue weighted by Gasteiger charge is -2.37. The number of ether oxygens (including phenoxy) is 2. The summed E-state index contributed by atoms with van der Waals surface area (Å²) in [5.74, 6) is -0.283. The third-order valence-corrected chi connectivity index (χ3v) is 3.30. The lowest BCUT2D eigenvalue weighted by molar-refractivity contribution is -0.163. The summed E-state index contributed by atoms with van der Waals surface area (Å²) < 4.78 is 11.4. The predicted octanol–water partition coefficient (Wildman–Crippen LogP) is 2.03. The quantitative estimate of drug-likeness (QED) is 0.638. The summed E-state index contributed by atoms with van der Waals surface area (Å²) in [5.41, 5.74) is 3.98. The van der Waals surface area contributed by atoms with Gasteiger partial charge in [-0.25, -0.2) is 0 Å². The molecule has 0 aromatic carbocycles. The van der Waals surface area contributed by atoms with Crippen molar-refractivity contribution in [3.63, 3.8) is 0 Å². The molecule has 0 atom stereocenters. The van der Waals surface area contributed by atoms with Gasteiger partial charge in [0.1, 0.15) is 0 Å². The molecule has 0 aromatic heterocycles. The molecular weight excluding hydrogens is 178 g/mol. The number of allylic oxidation sites excluding steroid dienone is 1. The van der Waals surface area contributed by atoms with E-state index in [9.17, 15) is 0 Å². The van der Waals surface area contributed by atoms with Crippen LogP contribution in [-0.4, -0.2) is 24.7 Å². The van der Waals surface area contributed by atoms with Crippen LogP contribution >= 0.6 is 0 Å². The third-order valence-electron chi connectivity index (χ3n) is 3.30. The molecule has 3 rings (SSSR count). The average Bonchev–Trinajstić information content (AvgIpc) is 2.61. The molecule has 0 saturated carbocycles. The van der Waals surface area contributed by atoms with Gasteiger partial charge in [-0.1, -0.05) is 6.92 Å². The van der Waals surface area contributed by atoms with Crippen LogP contribution in [0.2, 0.25) is 0 Å². The third kappa shape index (κ3) is 1.09. The monoisotopic (exact) mass is 193 g/mol. The smallest absolute Gasteiger partial charge is 0.172 e. The van der Waals surface area contributed by atoms with Gasteiger partial charge in [0.25, 0.3) is 0 Å². The Morgan fingerprint density at radius 2 is 2.14 bits per heavy atom. The molecule has 0 unspecified atom stereocenters. The molecule has 2 aliphatic heterocycles. The highest BCUT2D eigenvalue weighted by Crippen LogP contribution is 2.43. The number of rotatable bonds is 1. The van der Waals surface area contributed by atoms with Gasteiger partial charge in [0.05, 0.1) is 13.2 Å². The molecule has 3 aliphatic rings. The summed E-state index contributed by atoms with van der Waals surface area (Å²) in [7, 11) is 0. The molecule has 76 valence electrons. The van der Waals surface area contributed by atoms with Gasteiger partial charge in [0.2, 0.25) is 0 Å². The molecule has 1 aliphatic carbocycles. The van der Waals surface area contributed by atoms with Crippen molar-refractivity contribution in [1.29, 1.82) is 0 Å². The zero-order valence-corrected chi connectivity index (χ0v) is 8.51. The van der Waals surface area contributed by atoms with Crippen LogP contribution < -0.4 is 0 Å². The van der Waals surface area contributed by atoms with Crippen LogP contribution in [0.4, 0.5) is 0 Å². The van der Waals surface area contributed by atoms with Crippen LogP contribution in [0.15, 0.2) is 16.3 Å². The van der Waals surface area contributed by atoms with Crippen molar-refractivity contribution in [1.82, 2.24) is 0 Å². The van der Waals surface area contributed by atoms with Gasteiger partial charge >= 0.3 is 0 Å². The minimum atomic E-state index is -0.283. The van der Waals surface area contributed by atoms with E-state index in [0.717, 1.165) is 38.9 Å². The molecule has 0 amide bonds. The summed E-state index contributed by atoms with van der Waals surface area (Å²) in [5, 5.41) is 0. The van der Waals surface area contributed by atoms with E-state index in [4.69, 9.17) is 9.47 Å². The van der Waals surface area contributed by atoms with E-state index in [1.807, 2.05) is 0 Å². The van der Waals surface area contributed by atoms with Crippen LogP contribution in [0, 0.1) is 0 Å². The van der Waals surface area contributed by atoms with Crippen molar-refractivity contribution in [3.05, 3.63) is 11.3 Å². The summed E-state index contributed by atoms with van der Waals surface area (Å²) in [4.78, 5) is 4.50. The maximum absolute atomic E-state index is 5.72. The molecule has 0 bridgehead atoms. The maximum atomic E-state index is 5.72. The lowest BCUT2D eigenvalue weighted by atomic mass is 9.84. The Balaban J connectivity index is 1.79. The van der Waals surface area contributed by atoms with E-state index in [1.165, 1.54) is 17.0 Å². The highest BCUT2D eigenvalue weighted by atomic mass is 16.7. The van der Waals surface area contributed by atoms with E-state index >= 15 is 0 Å². The van der Waals surface area contributed by atoms with Gasteiger partial charge in [0.15, 0.2) is 5.79 Å². The first-order valence-corrected chi connectivity index (χ1v) is 5.41. The summed E-state index contributed by atoms with van der Waals surface area (Å²) in [6.07, 6.45) is 3.97. The first-order valence-electron chi connectivity index (χ1n) is 5.41. The largest absolute Gasteiger partial charge is 0.347 e. The molecule has 3 heteroatoms. The van der Waals surface area contributed by atoms with Crippen LogP contribution in [0.25, 0.3) is 0 Å². The fourth-order valence-electron chi connectivity index (χ4n) is 2.52. The fraction of sp³-hybridized carbons (Fsp3) is 0.727. The molecule has 0 radical (unpaired) electrons. The Bertz CT molecular complexity index is 324. The molecule has 1 spiro atoms. The Morgan fingerprint density at radius 3 is 2.86 bits per heavy atom. The minimum absolute atomic E-state index is 0.283. The number of hydrogen-bond acceptors (Lipinski definition) is 3. The second-order valence-electron chi connectivity index (χ2n) is 4.12. The van der Waals surface area contributed by atoms with Crippen molar-refractivity contribution in [2.45, 2.75) is 38.4 Å². The highest BCUT2D eigenvalue weighted by Gasteiger charge is 2.43. The Morgan fingerprint density at radius 1 is 1.36 bits per heavy atom. The number of nitrogens with zero attached hydrogens (tertiary/aromatic N) is 1. The first kappa shape index (κ1) is 8.62. The molecule has 0 N–H and O–H groups in total. The second-order valence-corrected chi connectivity index (χ2v) is 4.12. The summed E-state index contributed by atoms with van der Waals surface area (Å²) in [6.45, 7) is 3.66.